The summed E-state index contributed by atoms with van der Waals surface area (Å²) < 4.78 is 0. The van der Waals surface area contributed by atoms with E-state index in [1.807, 2.05) is 12.3 Å². The highest BCUT2D eigenvalue weighted by molar-refractivity contribution is 6.33. The molecular weight excluding hydrogens is 260 g/mol. The van der Waals surface area contributed by atoms with Gasteiger partial charge in [0, 0.05) is 31.9 Å². The van der Waals surface area contributed by atoms with Crippen LogP contribution in [-0.4, -0.2) is 42.1 Å². The first-order valence-corrected chi connectivity index (χ1v) is 7.50. The molecule has 1 aromatic heterocycles. The van der Waals surface area contributed by atoms with Crippen molar-refractivity contribution in [3.05, 3.63) is 22.8 Å². The molecule has 3 rings (SSSR count). The van der Waals surface area contributed by atoms with Crippen molar-refractivity contribution in [2.45, 2.75) is 31.8 Å². The second kappa shape index (κ2) is 5.65. The van der Waals surface area contributed by atoms with Gasteiger partial charge in [0.1, 0.15) is 5.82 Å². The van der Waals surface area contributed by atoms with Gasteiger partial charge >= 0.3 is 0 Å². The average Bonchev–Trinajstić information content (AvgIpc) is 3.09. The van der Waals surface area contributed by atoms with Crippen molar-refractivity contribution < 1.29 is 0 Å². The summed E-state index contributed by atoms with van der Waals surface area (Å²) in [7, 11) is 0. The third-order valence-corrected chi connectivity index (χ3v) is 4.70. The van der Waals surface area contributed by atoms with Crippen LogP contribution < -0.4 is 10.6 Å². The van der Waals surface area contributed by atoms with Gasteiger partial charge in [-0.05, 0) is 44.0 Å². The van der Waals surface area contributed by atoms with Crippen LogP contribution in [0.3, 0.4) is 0 Å². The van der Waals surface area contributed by atoms with Crippen molar-refractivity contribution in [2.75, 3.05) is 31.1 Å². The van der Waals surface area contributed by atoms with Crippen LogP contribution in [0.25, 0.3) is 0 Å². The summed E-state index contributed by atoms with van der Waals surface area (Å²) in [6.07, 6.45) is 5.72. The molecule has 0 aromatic carbocycles. The molecule has 1 atom stereocenters. The summed E-state index contributed by atoms with van der Waals surface area (Å²) in [5.41, 5.74) is 6.69. The molecule has 1 unspecified atom stereocenters. The number of hydrogen-bond donors (Lipinski definition) is 1. The standard InChI is InChI=1S/C14H21ClN4/c15-13-11(9-16)3-5-17-14(13)19-8-4-12(10-19)18-6-1-2-7-18/h3,5,12H,1-2,4,6-10,16H2. The lowest BCUT2D eigenvalue weighted by Gasteiger charge is -2.24. The molecule has 0 bridgehead atoms. The Hall–Kier alpha value is -0.840. The maximum absolute atomic E-state index is 6.40. The molecule has 19 heavy (non-hydrogen) atoms. The van der Waals surface area contributed by atoms with Crippen LogP contribution in [0.15, 0.2) is 12.3 Å². The normalized spacial score (nSPS) is 24.3. The summed E-state index contributed by atoms with van der Waals surface area (Å²) in [6.45, 7) is 5.06. The van der Waals surface area contributed by atoms with Crippen molar-refractivity contribution in [1.82, 2.24) is 9.88 Å². The number of hydrogen-bond acceptors (Lipinski definition) is 4. The van der Waals surface area contributed by atoms with Crippen LogP contribution in [0.2, 0.25) is 5.02 Å². The number of halogens is 1. The summed E-state index contributed by atoms with van der Waals surface area (Å²) in [5, 5.41) is 0.729. The number of rotatable bonds is 3. The lowest BCUT2D eigenvalue weighted by atomic mass is 10.2. The van der Waals surface area contributed by atoms with E-state index in [2.05, 4.69) is 14.8 Å². The molecule has 2 aliphatic heterocycles. The first-order chi connectivity index (χ1) is 9.29. The van der Waals surface area contributed by atoms with E-state index in [0.29, 0.717) is 12.6 Å². The van der Waals surface area contributed by atoms with Crippen molar-refractivity contribution in [1.29, 1.82) is 0 Å². The highest BCUT2D eigenvalue weighted by Gasteiger charge is 2.30. The minimum Gasteiger partial charge on any atom is -0.354 e. The molecule has 0 amide bonds. The van der Waals surface area contributed by atoms with E-state index in [4.69, 9.17) is 17.3 Å². The molecule has 4 nitrogen and oxygen atoms in total. The van der Waals surface area contributed by atoms with Crippen LogP contribution in [0.5, 0.6) is 0 Å². The number of likely N-dealkylation sites (tertiary alicyclic amines) is 1. The van der Waals surface area contributed by atoms with Crippen LogP contribution in [0.1, 0.15) is 24.8 Å². The number of pyridine rings is 1. The average molecular weight is 281 g/mol. The Morgan fingerprint density at radius 1 is 1.32 bits per heavy atom. The van der Waals surface area contributed by atoms with Gasteiger partial charge in [-0.3, -0.25) is 4.90 Å². The largest absolute Gasteiger partial charge is 0.354 e. The highest BCUT2D eigenvalue weighted by atomic mass is 35.5. The van der Waals surface area contributed by atoms with Gasteiger partial charge in [0.05, 0.1) is 5.02 Å². The Morgan fingerprint density at radius 2 is 2.11 bits per heavy atom. The van der Waals surface area contributed by atoms with Gasteiger partial charge in [-0.2, -0.15) is 0 Å². The second-order valence-corrected chi connectivity index (χ2v) is 5.82. The van der Waals surface area contributed by atoms with E-state index < -0.39 is 0 Å². The molecule has 104 valence electrons. The maximum Gasteiger partial charge on any atom is 0.147 e. The summed E-state index contributed by atoms with van der Waals surface area (Å²) in [5.74, 6) is 0.909. The summed E-state index contributed by atoms with van der Waals surface area (Å²) in [6, 6.07) is 2.57. The minimum atomic E-state index is 0.470. The van der Waals surface area contributed by atoms with Gasteiger partial charge in [-0.15, -0.1) is 0 Å². The minimum absolute atomic E-state index is 0.470. The molecule has 0 radical (unpaired) electrons. The zero-order valence-electron chi connectivity index (χ0n) is 11.2. The van der Waals surface area contributed by atoms with Crippen LogP contribution >= 0.6 is 11.6 Å². The Kier molecular flexibility index (Phi) is 3.91. The van der Waals surface area contributed by atoms with Crippen LogP contribution in [-0.2, 0) is 6.54 Å². The van der Waals surface area contributed by atoms with Gasteiger partial charge in [0.15, 0.2) is 0 Å². The zero-order valence-corrected chi connectivity index (χ0v) is 11.9. The predicted octanol–water partition coefficient (Wildman–Crippen LogP) is 1.87. The molecule has 2 fully saturated rings. The molecule has 2 N–H and O–H groups in total. The van der Waals surface area contributed by atoms with Crippen molar-refractivity contribution in [3.63, 3.8) is 0 Å². The molecule has 2 saturated heterocycles. The topological polar surface area (TPSA) is 45.4 Å². The first-order valence-electron chi connectivity index (χ1n) is 7.12. The fraction of sp³-hybridized carbons (Fsp3) is 0.643. The monoisotopic (exact) mass is 280 g/mol. The molecule has 0 spiro atoms. The van der Waals surface area contributed by atoms with Gasteiger partial charge in [-0.1, -0.05) is 11.6 Å². The lowest BCUT2D eigenvalue weighted by Crippen LogP contribution is -2.35. The molecule has 1 aromatic rings. The smallest absolute Gasteiger partial charge is 0.147 e. The zero-order chi connectivity index (χ0) is 13.2. The Balaban J connectivity index is 1.73. The second-order valence-electron chi connectivity index (χ2n) is 5.44. The SMILES string of the molecule is NCc1ccnc(N2CCC(N3CCCC3)C2)c1Cl. The summed E-state index contributed by atoms with van der Waals surface area (Å²) in [4.78, 5) is 9.37. The third kappa shape index (κ3) is 2.57. The Bertz CT molecular complexity index is 445. The molecule has 5 heteroatoms. The van der Waals surface area contributed by atoms with Gasteiger partial charge < -0.3 is 10.6 Å². The van der Waals surface area contributed by atoms with E-state index in [-0.39, 0.29) is 0 Å². The Labute approximate surface area is 119 Å². The quantitative estimate of drug-likeness (QED) is 0.918. The van der Waals surface area contributed by atoms with Crippen LogP contribution in [0, 0.1) is 0 Å². The lowest BCUT2D eigenvalue weighted by molar-refractivity contribution is 0.260. The van der Waals surface area contributed by atoms with Gasteiger partial charge in [-0.25, -0.2) is 4.98 Å². The maximum atomic E-state index is 6.40. The first kappa shape index (κ1) is 13.2. The van der Waals surface area contributed by atoms with E-state index in [1.54, 1.807) is 0 Å². The van der Waals surface area contributed by atoms with Gasteiger partial charge in [0.2, 0.25) is 0 Å². The van der Waals surface area contributed by atoms with Crippen molar-refractivity contribution >= 4 is 17.4 Å². The number of anilines is 1. The number of nitrogens with zero attached hydrogens (tertiary/aromatic N) is 3. The fourth-order valence-electron chi connectivity index (χ4n) is 3.19. The highest BCUT2D eigenvalue weighted by Crippen LogP contribution is 2.30. The van der Waals surface area contributed by atoms with Gasteiger partial charge in [0.25, 0.3) is 0 Å². The third-order valence-electron chi connectivity index (χ3n) is 4.29. The van der Waals surface area contributed by atoms with E-state index in [0.717, 1.165) is 29.5 Å². The van der Waals surface area contributed by atoms with Crippen molar-refractivity contribution in [2.24, 2.45) is 5.73 Å². The Morgan fingerprint density at radius 3 is 2.84 bits per heavy atom. The van der Waals surface area contributed by atoms with Crippen LogP contribution in [0.4, 0.5) is 5.82 Å². The fourth-order valence-corrected chi connectivity index (χ4v) is 3.50. The molecule has 3 heterocycles. The van der Waals surface area contributed by atoms with E-state index >= 15 is 0 Å². The molecule has 0 aliphatic carbocycles. The van der Waals surface area contributed by atoms with E-state index in [1.165, 1.54) is 32.4 Å². The van der Waals surface area contributed by atoms with Crippen molar-refractivity contribution in [3.8, 4) is 0 Å². The molecule has 2 aliphatic rings. The summed E-state index contributed by atoms with van der Waals surface area (Å²) >= 11 is 6.40. The van der Waals surface area contributed by atoms with E-state index in [9.17, 15) is 0 Å². The predicted molar refractivity (Wildman–Crippen MR) is 78.6 cm³/mol. The molecular formula is C14H21ClN4. The number of aromatic nitrogens is 1. The number of nitrogens with two attached hydrogens (primary N) is 1. The molecule has 0 saturated carbocycles.